The van der Waals surface area contributed by atoms with Crippen LogP contribution in [0.25, 0.3) is 0 Å². The van der Waals surface area contributed by atoms with Crippen molar-refractivity contribution in [1.82, 2.24) is 19.8 Å². The monoisotopic (exact) mass is 513 g/mol. The number of rotatable bonds is 7. The SMILES string of the molecule is COc1cccc(Nc2ncc(Sc3cc(C(=O)N4CCN(C(C)=O)CC4)c(OC)cc3C)s2)n1. The Bertz CT molecular complexity index is 1220. The first kappa shape index (κ1) is 24.8. The summed E-state index contributed by atoms with van der Waals surface area (Å²) in [7, 11) is 3.15. The second-order valence-corrected chi connectivity index (χ2v) is 10.3. The Morgan fingerprint density at radius 2 is 1.83 bits per heavy atom. The number of nitrogens with one attached hydrogen (secondary N) is 1. The Morgan fingerprint density at radius 3 is 2.51 bits per heavy atom. The summed E-state index contributed by atoms with van der Waals surface area (Å²) in [5.74, 6) is 1.65. The van der Waals surface area contributed by atoms with Crippen molar-refractivity contribution in [2.45, 2.75) is 23.0 Å². The molecule has 2 amide bonds. The Labute approximate surface area is 212 Å². The van der Waals surface area contributed by atoms with Crippen molar-refractivity contribution >= 4 is 45.9 Å². The Morgan fingerprint density at radius 1 is 1.09 bits per heavy atom. The Kier molecular flexibility index (Phi) is 7.76. The maximum atomic E-state index is 13.3. The van der Waals surface area contributed by atoms with Gasteiger partial charge in [-0.05, 0) is 30.7 Å². The van der Waals surface area contributed by atoms with Gasteiger partial charge in [-0.25, -0.2) is 4.98 Å². The van der Waals surface area contributed by atoms with Crippen molar-refractivity contribution in [2.75, 3.05) is 45.7 Å². The van der Waals surface area contributed by atoms with E-state index in [1.807, 2.05) is 31.2 Å². The van der Waals surface area contributed by atoms with Gasteiger partial charge in [-0.15, -0.1) is 0 Å². The number of ether oxygens (including phenoxy) is 2. The predicted molar refractivity (Wildman–Crippen MR) is 136 cm³/mol. The van der Waals surface area contributed by atoms with Gasteiger partial charge in [0.1, 0.15) is 11.6 Å². The fourth-order valence-electron chi connectivity index (χ4n) is 3.68. The number of carbonyl (C=O) groups excluding carboxylic acids is 2. The van der Waals surface area contributed by atoms with Gasteiger partial charge in [0.05, 0.1) is 30.2 Å². The van der Waals surface area contributed by atoms with Crippen molar-refractivity contribution in [3.8, 4) is 11.6 Å². The molecule has 4 rings (SSSR count). The Balaban J connectivity index is 1.50. The zero-order valence-corrected chi connectivity index (χ0v) is 21.7. The summed E-state index contributed by atoms with van der Waals surface area (Å²) in [4.78, 5) is 38.2. The number of benzene rings is 1. The predicted octanol–water partition coefficient (Wildman–Crippen LogP) is 4.06. The molecule has 0 saturated carbocycles. The number of nitrogens with zero attached hydrogens (tertiary/aromatic N) is 4. The van der Waals surface area contributed by atoms with E-state index in [4.69, 9.17) is 9.47 Å². The molecule has 1 aromatic carbocycles. The molecular formula is C24H27N5O4S2. The fraction of sp³-hybridized carbons (Fsp3) is 0.333. The normalized spacial score (nSPS) is 13.5. The summed E-state index contributed by atoms with van der Waals surface area (Å²) >= 11 is 3.04. The first-order valence-corrected chi connectivity index (χ1v) is 12.7. The first-order chi connectivity index (χ1) is 16.9. The highest BCUT2D eigenvalue weighted by Gasteiger charge is 2.26. The largest absolute Gasteiger partial charge is 0.496 e. The lowest BCUT2D eigenvalue weighted by molar-refractivity contribution is -0.130. The van der Waals surface area contributed by atoms with Crippen LogP contribution in [-0.2, 0) is 4.79 Å². The summed E-state index contributed by atoms with van der Waals surface area (Å²) in [5, 5.41) is 3.90. The number of carbonyl (C=O) groups is 2. The molecule has 0 unspecified atom stereocenters. The molecule has 0 aliphatic carbocycles. The number of pyridine rings is 1. The van der Waals surface area contributed by atoms with Crippen LogP contribution in [0.1, 0.15) is 22.8 Å². The number of amides is 2. The molecule has 1 aliphatic heterocycles. The third-order valence-corrected chi connectivity index (χ3v) is 7.78. The van der Waals surface area contributed by atoms with Crippen LogP contribution >= 0.6 is 23.1 Å². The average molecular weight is 514 g/mol. The number of hydrogen-bond donors (Lipinski definition) is 1. The highest BCUT2D eigenvalue weighted by molar-refractivity contribution is 8.01. The van der Waals surface area contributed by atoms with Crippen molar-refractivity contribution in [3.63, 3.8) is 0 Å². The number of aromatic nitrogens is 2. The topological polar surface area (TPSA) is 96.9 Å². The van der Waals surface area contributed by atoms with Crippen molar-refractivity contribution in [3.05, 3.63) is 47.7 Å². The number of piperazine rings is 1. The summed E-state index contributed by atoms with van der Waals surface area (Å²) in [6, 6.07) is 9.26. The van der Waals surface area contributed by atoms with Crippen LogP contribution in [0.5, 0.6) is 11.6 Å². The van der Waals surface area contributed by atoms with Crippen molar-refractivity contribution < 1.29 is 19.1 Å². The van der Waals surface area contributed by atoms with E-state index in [0.717, 1.165) is 14.7 Å². The van der Waals surface area contributed by atoms with Gasteiger partial charge >= 0.3 is 0 Å². The van der Waals surface area contributed by atoms with Crippen LogP contribution in [0.15, 0.2) is 45.6 Å². The Hall–Kier alpha value is -3.31. The van der Waals surface area contributed by atoms with Crippen LogP contribution in [-0.4, -0.2) is 72.0 Å². The lowest BCUT2D eigenvalue weighted by atomic mass is 10.1. The molecule has 184 valence electrons. The molecule has 0 atom stereocenters. The molecule has 35 heavy (non-hydrogen) atoms. The molecular weight excluding hydrogens is 486 g/mol. The van der Waals surface area contributed by atoms with Crippen molar-refractivity contribution in [2.24, 2.45) is 0 Å². The van der Waals surface area contributed by atoms with E-state index in [1.54, 1.807) is 55.0 Å². The van der Waals surface area contributed by atoms with Crippen LogP contribution < -0.4 is 14.8 Å². The average Bonchev–Trinajstić information content (AvgIpc) is 3.31. The third-order valence-electron chi connectivity index (χ3n) is 5.60. The zero-order valence-electron chi connectivity index (χ0n) is 20.0. The third kappa shape index (κ3) is 5.85. The molecule has 0 radical (unpaired) electrons. The van der Waals surface area contributed by atoms with Gasteiger partial charge in [0.2, 0.25) is 11.8 Å². The minimum absolute atomic E-state index is 0.0318. The molecule has 3 aromatic rings. The lowest BCUT2D eigenvalue weighted by Gasteiger charge is -2.34. The van der Waals surface area contributed by atoms with Crippen LogP contribution in [0.2, 0.25) is 0 Å². The number of methoxy groups -OCH3 is 2. The minimum atomic E-state index is -0.0948. The lowest BCUT2D eigenvalue weighted by Crippen LogP contribution is -2.50. The van der Waals surface area contributed by atoms with Crippen LogP contribution in [0.3, 0.4) is 0 Å². The summed E-state index contributed by atoms with van der Waals surface area (Å²) < 4.78 is 11.7. The van der Waals surface area contributed by atoms with E-state index in [2.05, 4.69) is 15.3 Å². The number of anilines is 2. The molecule has 1 aliphatic rings. The maximum Gasteiger partial charge on any atom is 0.257 e. The number of thiazole rings is 1. The van der Waals surface area contributed by atoms with Gasteiger partial charge < -0.3 is 24.6 Å². The molecule has 2 aromatic heterocycles. The number of hydrogen-bond acceptors (Lipinski definition) is 9. The molecule has 0 bridgehead atoms. The van der Waals surface area contributed by atoms with E-state index >= 15 is 0 Å². The minimum Gasteiger partial charge on any atom is -0.496 e. The van der Waals surface area contributed by atoms with E-state index in [-0.39, 0.29) is 11.8 Å². The second kappa shape index (κ2) is 11.0. The van der Waals surface area contributed by atoms with Crippen LogP contribution in [0.4, 0.5) is 10.9 Å². The molecule has 0 spiro atoms. The highest BCUT2D eigenvalue weighted by Crippen LogP contribution is 2.39. The molecule has 1 fully saturated rings. The van der Waals surface area contributed by atoms with Crippen molar-refractivity contribution in [1.29, 1.82) is 0 Å². The zero-order chi connectivity index (χ0) is 24.9. The van der Waals surface area contributed by atoms with E-state index in [0.29, 0.717) is 54.3 Å². The molecule has 1 saturated heterocycles. The molecule has 11 heteroatoms. The van der Waals surface area contributed by atoms with Gasteiger partial charge in [0.25, 0.3) is 5.91 Å². The van der Waals surface area contributed by atoms with E-state index in [9.17, 15) is 9.59 Å². The van der Waals surface area contributed by atoms with Gasteiger partial charge in [-0.1, -0.05) is 29.2 Å². The fourth-order valence-corrected chi connectivity index (χ4v) is 5.63. The van der Waals surface area contributed by atoms with Crippen LogP contribution in [0, 0.1) is 6.92 Å². The van der Waals surface area contributed by atoms with E-state index < -0.39 is 0 Å². The molecule has 1 N–H and O–H groups in total. The summed E-state index contributed by atoms with van der Waals surface area (Å²) in [6.45, 7) is 5.62. The second-order valence-electron chi connectivity index (χ2n) is 7.89. The van der Waals surface area contributed by atoms with Gasteiger partial charge in [0.15, 0.2) is 5.13 Å². The maximum absolute atomic E-state index is 13.3. The molecule has 3 heterocycles. The van der Waals surface area contributed by atoms with Gasteiger partial charge in [-0.2, -0.15) is 4.98 Å². The quantitative estimate of drug-likeness (QED) is 0.505. The van der Waals surface area contributed by atoms with E-state index in [1.165, 1.54) is 11.3 Å². The highest BCUT2D eigenvalue weighted by atomic mass is 32.2. The first-order valence-electron chi connectivity index (χ1n) is 11.0. The number of aryl methyl sites for hydroxylation is 1. The summed E-state index contributed by atoms with van der Waals surface area (Å²) in [6.07, 6.45) is 1.80. The summed E-state index contributed by atoms with van der Waals surface area (Å²) in [5.41, 5.74) is 1.52. The van der Waals surface area contributed by atoms with Gasteiger partial charge in [0, 0.05) is 44.1 Å². The molecule has 9 nitrogen and oxygen atoms in total. The standard InChI is InChI=1S/C24H27N5O4S2/c1-15-12-18(32-3)17(23(31)29-10-8-28(9-11-29)16(2)30)13-19(15)34-22-14-25-24(35-22)27-20-6-5-7-21(26-20)33-4/h5-7,12-14H,8-11H2,1-4H3,(H,25,26,27). The smallest absolute Gasteiger partial charge is 0.257 e. The van der Waals surface area contributed by atoms with Gasteiger partial charge in [-0.3, -0.25) is 9.59 Å².